The number of halogens is 2. The van der Waals surface area contributed by atoms with Crippen molar-refractivity contribution >= 4 is 17.7 Å². The summed E-state index contributed by atoms with van der Waals surface area (Å²) in [7, 11) is 0. The molecular weight excluding hydrogens is 650 g/mol. The van der Waals surface area contributed by atoms with Gasteiger partial charge in [-0.25, -0.2) is 8.78 Å². The molecule has 2 aromatic rings. The molecule has 2 rings (SSSR count). The van der Waals surface area contributed by atoms with Gasteiger partial charge in [-0.1, -0.05) is 128 Å². The van der Waals surface area contributed by atoms with Crippen LogP contribution >= 0.6 is 0 Å². The molecule has 0 spiro atoms. The number of hydrogen-bond acceptors (Lipinski definition) is 5. The fraction of sp³-hybridized carbons (Fsp3) is 0.634. The third-order valence-corrected chi connectivity index (χ3v) is 9.27. The number of aliphatic hydroxyl groups is 1. The molecule has 0 radical (unpaired) electrons. The Balaban J connectivity index is 1.78. The lowest BCUT2D eigenvalue weighted by Gasteiger charge is -2.27. The summed E-state index contributed by atoms with van der Waals surface area (Å²) in [5, 5.41) is 18.9. The maximum Gasteiger partial charge on any atom is 0.250 e. The van der Waals surface area contributed by atoms with E-state index in [1.807, 2.05) is 44.2 Å². The highest BCUT2D eigenvalue weighted by Gasteiger charge is 2.27. The maximum absolute atomic E-state index is 14.5. The van der Waals surface area contributed by atoms with Crippen LogP contribution in [0.25, 0.3) is 0 Å². The van der Waals surface area contributed by atoms with Crippen LogP contribution in [0.3, 0.4) is 0 Å². The summed E-state index contributed by atoms with van der Waals surface area (Å²) >= 11 is 0. The van der Waals surface area contributed by atoms with Crippen molar-refractivity contribution < 1.29 is 28.3 Å². The molecule has 3 amide bonds. The van der Waals surface area contributed by atoms with Crippen LogP contribution in [0.2, 0.25) is 0 Å². The van der Waals surface area contributed by atoms with Gasteiger partial charge in [0.2, 0.25) is 17.7 Å². The number of aliphatic hydroxyl groups excluding tert-OH is 1. The molecule has 0 aliphatic carbocycles. The van der Waals surface area contributed by atoms with E-state index in [-0.39, 0.29) is 43.3 Å². The van der Waals surface area contributed by atoms with Crippen molar-refractivity contribution in [1.82, 2.24) is 16.0 Å². The number of carbonyl (C=O) groups is 3. The highest BCUT2D eigenvalue weighted by Crippen LogP contribution is 2.17. The molecule has 10 heteroatoms. The number of rotatable bonds is 27. The molecule has 0 aliphatic rings. The van der Waals surface area contributed by atoms with Crippen LogP contribution in [0.1, 0.15) is 128 Å². The molecule has 0 fully saturated rings. The van der Waals surface area contributed by atoms with E-state index in [4.69, 9.17) is 5.73 Å². The maximum atomic E-state index is 14.5. The molecule has 51 heavy (non-hydrogen) atoms. The molecule has 8 nitrogen and oxygen atoms in total. The lowest BCUT2D eigenvalue weighted by atomic mass is 9.92. The van der Waals surface area contributed by atoms with Crippen molar-refractivity contribution in [2.75, 3.05) is 13.1 Å². The first-order valence-electron chi connectivity index (χ1n) is 19.2. The van der Waals surface area contributed by atoms with E-state index in [2.05, 4.69) is 22.9 Å². The number of amides is 3. The van der Waals surface area contributed by atoms with E-state index >= 15 is 0 Å². The molecule has 0 saturated heterocycles. The van der Waals surface area contributed by atoms with E-state index in [1.165, 1.54) is 57.8 Å². The van der Waals surface area contributed by atoms with Crippen molar-refractivity contribution in [1.29, 1.82) is 0 Å². The molecule has 0 aromatic heterocycles. The normalized spacial score (nSPS) is 13.3. The number of carbonyl (C=O) groups excluding carboxylic acids is 3. The zero-order valence-corrected chi connectivity index (χ0v) is 31.3. The third-order valence-electron chi connectivity index (χ3n) is 9.27. The van der Waals surface area contributed by atoms with Gasteiger partial charge in [0.25, 0.3) is 0 Å². The van der Waals surface area contributed by atoms with E-state index in [1.54, 1.807) is 0 Å². The lowest BCUT2D eigenvalue weighted by Crippen LogP contribution is -2.50. The Kier molecular flexibility index (Phi) is 21.3. The third kappa shape index (κ3) is 19.7. The summed E-state index contributed by atoms with van der Waals surface area (Å²) in [6, 6.07) is 11.0. The SMILES string of the molecule is CCCCCCCCCCCCCCCC(=O)NC(CC(=O)NCC(C)(C)CNC(=O)C(O)C(N)Cc1ccccc1)Cc1cc(F)ccc1F. The summed E-state index contributed by atoms with van der Waals surface area (Å²) in [6.45, 7) is 6.28. The largest absolute Gasteiger partial charge is 0.382 e. The van der Waals surface area contributed by atoms with E-state index in [9.17, 15) is 28.3 Å². The Hall–Kier alpha value is -3.37. The Morgan fingerprint density at radius 3 is 1.94 bits per heavy atom. The van der Waals surface area contributed by atoms with Crippen molar-refractivity contribution in [2.45, 2.75) is 148 Å². The second-order valence-corrected chi connectivity index (χ2v) is 14.9. The van der Waals surface area contributed by atoms with Crippen LogP contribution in [-0.2, 0) is 27.2 Å². The first kappa shape index (κ1) is 43.8. The van der Waals surface area contributed by atoms with Crippen LogP contribution in [0.5, 0.6) is 0 Å². The highest BCUT2D eigenvalue weighted by molar-refractivity contribution is 5.81. The first-order valence-corrected chi connectivity index (χ1v) is 19.2. The quantitative estimate of drug-likeness (QED) is 0.0633. The Morgan fingerprint density at radius 1 is 0.765 bits per heavy atom. The number of hydrogen-bond donors (Lipinski definition) is 5. The predicted molar refractivity (Wildman–Crippen MR) is 201 cm³/mol. The van der Waals surface area contributed by atoms with Gasteiger partial charge in [0.1, 0.15) is 17.7 Å². The molecule has 3 unspecified atom stereocenters. The molecule has 0 bridgehead atoms. The van der Waals surface area contributed by atoms with Crippen LogP contribution in [0, 0.1) is 17.0 Å². The summed E-state index contributed by atoms with van der Waals surface area (Å²) in [6.07, 6.45) is 14.7. The molecule has 0 saturated carbocycles. The number of benzene rings is 2. The molecule has 3 atom stereocenters. The minimum absolute atomic E-state index is 0.0397. The molecule has 286 valence electrons. The summed E-state index contributed by atoms with van der Waals surface area (Å²) in [4.78, 5) is 38.5. The minimum atomic E-state index is -1.40. The topological polar surface area (TPSA) is 134 Å². The number of unbranched alkanes of at least 4 members (excludes halogenated alkanes) is 12. The van der Waals surface area contributed by atoms with E-state index in [0.717, 1.165) is 49.4 Å². The average molecular weight is 715 g/mol. The van der Waals surface area contributed by atoms with Gasteiger partial charge in [-0.3, -0.25) is 14.4 Å². The van der Waals surface area contributed by atoms with Gasteiger partial charge in [-0.2, -0.15) is 0 Å². The number of nitrogens with one attached hydrogen (secondary N) is 3. The second-order valence-electron chi connectivity index (χ2n) is 14.9. The van der Waals surface area contributed by atoms with Crippen molar-refractivity contribution in [2.24, 2.45) is 11.1 Å². The smallest absolute Gasteiger partial charge is 0.250 e. The second kappa shape index (κ2) is 24.8. The van der Waals surface area contributed by atoms with Gasteiger partial charge < -0.3 is 26.8 Å². The van der Waals surface area contributed by atoms with Crippen LogP contribution in [0.4, 0.5) is 8.78 Å². The Morgan fingerprint density at radius 2 is 1.33 bits per heavy atom. The zero-order chi connectivity index (χ0) is 37.5. The Labute approximate surface area is 305 Å². The van der Waals surface area contributed by atoms with Gasteiger partial charge in [0.15, 0.2) is 0 Å². The molecule has 2 aromatic carbocycles. The fourth-order valence-electron chi connectivity index (χ4n) is 6.06. The van der Waals surface area contributed by atoms with E-state index < -0.39 is 41.1 Å². The van der Waals surface area contributed by atoms with Crippen LogP contribution in [-0.4, -0.2) is 54.1 Å². The molecule has 6 N–H and O–H groups in total. The summed E-state index contributed by atoms with van der Waals surface area (Å²) in [5.41, 5.74) is 6.49. The minimum Gasteiger partial charge on any atom is -0.382 e. The predicted octanol–water partition coefficient (Wildman–Crippen LogP) is 7.05. The Bertz CT molecular complexity index is 1290. The molecular formula is C41H64F2N4O4. The average Bonchev–Trinajstić information content (AvgIpc) is 3.10. The van der Waals surface area contributed by atoms with Crippen molar-refractivity contribution in [3.8, 4) is 0 Å². The van der Waals surface area contributed by atoms with E-state index in [0.29, 0.717) is 12.8 Å². The standard InChI is InChI=1S/C41H64F2N4O4/c1-4-5-6-7-8-9-10-11-12-13-14-15-19-22-37(48)47-34(27-32-26-33(42)23-24-35(32)43)28-38(49)45-29-41(2,3)30-46-40(51)39(50)36(44)25-31-20-17-16-18-21-31/h16-18,20-21,23-24,26,34,36,39,50H,4-15,19,22,25,27-30,44H2,1-3H3,(H,45,49)(H,46,51)(H,47,48). The van der Waals surface area contributed by atoms with Gasteiger partial charge in [-0.05, 0) is 54.0 Å². The lowest BCUT2D eigenvalue weighted by molar-refractivity contribution is -0.130. The summed E-state index contributed by atoms with van der Waals surface area (Å²) < 4.78 is 28.4. The summed E-state index contributed by atoms with van der Waals surface area (Å²) in [5.74, 6) is -2.39. The van der Waals surface area contributed by atoms with Gasteiger partial charge in [0.05, 0.1) is 0 Å². The number of nitrogens with two attached hydrogens (primary N) is 1. The fourth-order valence-corrected chi connectivity index (χ4v) is 6.06. The van der Waals surface area contributed by atoms with Gasteiger partial charge >= 0.3 is 0 Å². The van der Waals surface area contributed by atoms with Gasteiger partial charge in [-0.15, -0.1) is 0 Å². The van der Waals surface area contributed by atoms with Crippen LogP contribution < -0.4 is 21.7 Å². The zero-order valence-electron chi connectivity index (χ0n) is 31.3. The molecule has 0 aliphatic heterocycles. The molecule has 0 heterocycles. The first-order chi connectivity index (χ1) is 24.4. The van der Waals surface area contributed by atoms with Crippen molar-refractivity contribution in [3.05, 3.63) is 71.3 Å². The van der Waals surface area contributed by atoms with Crippen LogP contribution in [0.15, 0.2) is 48.5 Å². The highest BCUT2D eigenvalue weighted by atomic mass is 19.1. The van der Waals surface area contributed by atoms with Crippen molar-refractivity contribution in [3.63, 3.8) is 0 Å². The van der Waals surface area contributed by atoms with Gasteiger partial charge in [0, 0.05) is 38.0 Å². The monoisotopic (exact) mass is 714 g/mol.